The molecule has 1 unspecified atom stereocenters. The number of benzene rings is 1. The van der Waals surface area contributed by atoms with Crippen molar-refractivity contribution >= 4 is 10.8 Å². The molecule has 2 aromatic rings. The van der Waals surface area contributed by atoms with E-state index in [0.717, 1.165) is 12.1 Å². The predicted octanol–water partition coefficient (Wildman–Crippen LogP) is 3.81. The maximum atomic E-state index is 6.24. The highest BCUT2D eigenvalue weighted by atomic mass is 14.8. The number of nitrogens with two attached hydrogens (primary N) is 1. The van der Waals surface area contributed by atoms with E-state index in [-0.39, 0.29) is 6.04 Å². The Kier molecular flexibility index (Phi) is 4.10. The first kappa shape index (κ1) is 12.1. The lowest BCUT2D eigenvalue weighted by Gasteiger charge is -2.13. The quantitative estimate of drug-likeness (QED) is 0.790. The normalized spacial score (nSPS) is 12.8. The van der Waals surface area contributed by atoms with Crippen LogP contribution in [-0.2, 0) is 0 Å². The Labute approximate surface area is 103 Å². The SMILES string of the molecule is CCCCCC(N)c1nccc2ccccc12. The highest BCUT2D eigenvalue weighted by molar-refractivity contribution is 5.84. The van der Waals surface area contributed by atoms with Gasteiger partial charge in [0, 0.05) is 17.6 Å². The largest absolute Gasteiger partial charge is 0.323 e. The number of hydrogen-bond acceptors (Lipinski definition) is 2. The average molecular weight is 228 g/mol. The van der Waals surface area contributed by atoms with Gasteiger partial charge in [-0.25, -0.2) is 0 Å². The fourth-order valence-electron chi connectivity index (χ4n) is 2.19. The first-order valence-electron chi connectivity index (χ1n) is 6.42. The number of rotatable bonds is 5. The molecule has 90 valence electrons. The molecule has 2 nitrogen and oxygen atoms in total. The van der Waals surface area contributed by atoms with E-state index in [4.69, 9.17) is 5.73 Å². The number of pyridine rings is 1. The van der Waals surface area contributed by atoms with Gasteiger partial charge in [-0.1, -0.05) is 50.5 Å². The van der Waals surface area contributed by atoms with Gasteiger partial charge in [-0.3, -0.25) is 4.98 Å². The lowest BCUT2D eigenvalue weighted by atomic mass is 10.0. The van der Waals surface area contributed by atoms with Gasteiger partial charge in [-0.05, 0) is 17.9 Å². The maximum Gasteiger partial charge on any atom is 0.0649 e. The average Bonchev–Trinajstić information content (AvgIpc) is 2.38. The molecule has 0 aliphatic carbocycles. The van der Waals surface area contributed by atoms with Crippen LogP contribution in [0.15, 0.2) is 36.5 Å². The number of hydrogen-bond donors (Lipinski definition) is 1. The molecule has 0 fully saturated rings. The summed E-state index contributed by atoms with van der Waals surface area (Å²) in [6.07, 6.45) is 6.54. The fraction of sp³-hybridized carbons (Fsp3) is 0.400. The third kappa shape index (κ3) is 2.83. The summed E-state index contributed by atoms with van der Waals surface area (Å²) < 4.78 is 0. The van der Waals surface area contributed by atoms with E-state index in [0.29, 0.717) is 0 Å². The summed E-state index contributed by atoms with van der Waals surface area (Å²) in [5, 5.41) is 2.42. The Morgan fingerprint density at radius 3 is 2.82 bits per heavy atom. The first-order chi connectivity index (χ1) is 8.33. The van der Waals surface area contributed by atoms with Gasteiger partial charge in [0.05, 0.1) is 5.69 Å². The maximum absolute atomic E-state index is 6.24. The third-order valence-electron chi connectivity index (χ3n) is 3.17. The Balaban J connectivity index is 2.22. The molecule has 0 bridgehead atoms. The van der Waals surface area contributed by atoms with E-state index >= 15 is 0 Å². The minimum Gasteiger partial charge on any atom is -0.323 e. The summed E-state index contributed by atoms with van der Waals surface area (Å²) in [5.74, 6) is 0. The van der Waals surface area contributed by atoms with Gasteiger partial charge in [0.2, 0.25) is 0 Å². The Morgan fingerprint density at radius 1 is 1.18 bits per heavy atom. The van der Waals surface area contributed by atoms with Gasteiger partial charge < -0.3 is 5.73 Å². The van der Waals surface area contributed by atoms with Gasteiger partial charge >= 0.3 is 0 Å². The van der Waals surface area contributed by atoms with Crippen LogP contribution in [0.3, 0.4) is 0 Å². The van der Waals surface area contributed by atoms with Crippen LogP contribution in [0.5, 0.6) is 0 Å². The summed E-state index contributed by atoms with van der Waals surface area (Å²) in [7, 11) is 0. The number of fused-ring (bicyclic) bond motifs is 1. The number of unbranched alkanes of at least 4 members (excludes halogenated alkanes) is 2. The van der Waals surface area contributed by atoms with E-state index in [1.807, 2.05) is 18.3 Å². The lowest BCUT2D eigenvalue weighted by Crippen LogP contribution is -2.12. The molecule has 1 aromatic carbocycles. The molecule has 0 aliphatic rings. The fourth-order valence-corrected chi connectivity index (χ4v) is 2.19. The van der Waals surface area contributed by atoms with Gasteiger partial charge in [0.15, 0.2) is 0 Å². The van der Waals surface area contributed by atoms with Crippen LogP contribution < -0.4 is 5.73 Å². The Morgan fingerprint density at radius 2 is 2.00 bits per heavy atom. The zero-order valence-corrected chi connectivity index (χ0v) is 10.4. The lowest BCUT2D eigenvalue weighted by molar-refractivity contribution is 0.574. The van der Waals surface area contributed by atoms with E-state index < -0.39 is 0 Å². The van der Waals surface area contributed by atoms with Crippen molar-refractivity contribution in [3.8, 4) is 0 Å². The molecule has 0 saturated heterocycles. The summed E-state index contributed by atoms with van der Waals surface area (Å²) in [4.78, 5) is 4.46. The van der Waals surface area contributed by atoms with Crippen LogP contribution in [-0.4, -0.2) is 4.98 Å². The monoisotopic (exact) mass is 228 g/mol. The Hall–Kier alpha value is -1.41. The molecule has 0 saturated carbocycles. The van der Waals surface area contributed by atoms with Crippen LogP contribution in [0.2, 0.25) is 0 Å². The van der Waals surface area contributed by atoms with Crippen LogP contribution in [0.4, 0.5) is 0 Å². The van der Waals surface area contributed by atoms with Crippen molar-refractivity contribution in [3.63, 3.8) is 0 Å². The van der Waals surface area contributed by atoms with Crippen molar-refractivity contribution < 1.29 is 0 Å². The van der Waals surface area contributed by atoms with Gasteiger partial charge in [0.25, 0.3) is 0 Å². The van der Waals surface area contributed by atoms with Crippen LogP contribution in [0.25, 0.3) is 10.8 Å². The van der Waals surface area contributed by atoms with Crippen molar-refractivity contribution in [1.82, 2.24) is 4.98 Å². The second-order valence-electron chi connectivity index (χ2n) is 4.52. The molecular weight excluding hydrogens is 208 g/mol. The molecule has 1 atom stereocenters. The molecule has 2 heteroatoms. The van der Waals surface area contributed by atoms with Gasteiger partial charge in [0.1, 0.15) is 0 Å². The number of aromatic nitrogens is 1. The smallest absolute Gasteiger partial charge is 0.0649 e. The van der Waals surface area contributed by atoms with E-state index in [9.17, 15) is 0 Å². The minimum absolute atomic E-state index is 0.0626. The highest BCUT2D eigenvalue weighted by Crippen LogP contribution is 2.23. The van der Waals surface area contributed by atoms with Crippen molar-refractivity contribution in [3.05, 3.63) is 42.2 Å². The van der Waals surface area contributed by atoms with Gasteiger partial charge in [-0.15, -0.1) is 0 Å². The van der Waals surface area contributed by atoms with Gasteiger partial charge in [-0.2, -0.15) is 0 Å². The molecule has 0 amide bonds. The molecule has 0 spiro atoms. The second kappa shape index (κ2) is 5.78. The zero-order chi connectivity index (χ0) is 12.1. The summed E-state index contributed by atoms with van der Waals surface area (Å²) >= 11 is 0. The van der Waals surface area contributed by atoms with Crippen molar-refractivity contribution in [2.75, 3.05) is 0 Å². The number of nitrogens with zero attached hydrogens (tertiary/aromatic N) is 1. The van der Waals surface area contributed by atoms with Crippen LogP contribution >= 0.6 is 0 Å². The van der Waals surface area contributed by atoms with E-state index in [1.165, 1.54) is 30.0 Å². The zero-order valence-electron chi connectivity index (χ0n) is 10.4. The second-order valence-corrected chi connectivity index (χ2v) is 4.52. The first-order valence-corrected chi connectivity index (χ1v) is 6.42. The van der Waals surface area contributed by atoms with Crippen molar-refractivity contribution in [1.29, 1.82) is 0 Å². The molecule has 2 rings (SSSR count). The van der Waals surface area contributed by atoms with E-state index in [1.54, 1.807) is 0 Å². The highest BCUT2D eigenvalue weighted by Gasteiger charge is 2.10. The Bertz CT molecular complexity index is 474. The van der Waals surface area contributed by atoms with Crippen molar-refractivity contribution in [2.45, 2.75) is 38.6 Å². The van der Waals surface area contributed by atoms with Crippen LogP contribution in [0, 0.1) is 0 Å². The molecule has 2 N–H and O–H groups in total. The molecular formula is C15H20N2. The van der Waals surface area contributed by atoms with Crippen molar-refractivity contribution in [2.24, 2.45) is 5.73 Å². The summed E-state index contributed by atoms with van der Waals surface area (Å²) in [6, 6.07) is 10.4. The molecule has 0 radical (unpaired) electrons. The topological polar surface area (TPSA) is 38.9 Å². The molecule has 1 heterocycles. The molecule has 0 aliphatic heterocycles. The molecule has 17 heavy (non-hydrogen) atoms. The summed E-state index contributed by atoms with van der Waals surface area (Å²) in [5.41, 5.74) is 7.28. The molecule has 1 aromatic heterocycles. The summed E-state index contributed by atoms with van der Waals surface area (Å²) in [6.45, 7) is 2.21. The minimum atomic E-state index is 0.0626. The van der Waals surface area contributed by atoms with E-state index in [2.05, 4.69) is 30.1 Å². The third-order valence-corrected chi connectivity index (χ3v) is 3.17. The standard InChI is InChI=1S/C15H20N2/c1-2-3-4-9-14(16)15-13-8-6-5-7-12(13)10-11-17-15/h5-8,10-11,14H,2-4,9,16H2,1H3. The van der Waals surface area contributed by atoms with Crippen LogP contribution in [0.1, 0.15) is 44.3 Å². The predicted molar refractivity (Wildman–Crippen MR) is 72.8 cm³/mol.